The van der Waals surface area contributed by atoms with Gasteiger partial charge in [-0.05, 0) is 30.7 Å². The van der Waals surface area contributed by atoms with Crippen LogP contribution in [0.15, 0.2) is 42.5 Å². The molecule has 0 unspecified atom stereocenters. The molecule has 0 aliphatic heterocycles. The highest BCUT2D eigenvalue weighted by Gasteiger charge is 2.32. The molecular weight excluding hydrogens is 396 g/mol. The summed E-state index contributed by atoms with van der Waals surface area (Å²) in [4.78, 5) is 13.0. The zero-order valence-electron chi connectivity index (χ0n) is 17.1. The van der Waals surface area contributed by atoms with Crippen LogP contribution < -0.4 is 23.8 Å². The Morgan fingerprint density at radius 3 is 2.28 bits per heavy atom. The summed E-state index contributed by atoms with van der Waals surface area (Å²) in [7, 11) is 0.756. The number of sulfonamides is 1. The molecule has 2 aromatic rings. The van der Waals surface area contributed by atoms with Crippen molar-refractivity contribution in [1.29, 1.82) is 0 Å². The predicted molar refractivity (Wildman–Crippen MR) is 113 cm³/mol. The lowest BCUT2D eigenvalue weighted by Crippen LogP contribution is -2.47. The first-order chi connectivity index (χ1) is 13.7. The summed E-state index contributed by atoms with van der Waals surface area (Å²) in [5.74, 6) is 0.997. The number of nitrogens with zero attached hydrogens (tertiary/aromatic N) is 1. The van der Waals surface area contributed by atoms with E-state index in [4.69, 9.17) is 14.2 Å². The number of methoxy groups -OCH3 is 3. The number of hydrogen-bond acceptors (Lipinski definition) is 6. The van der Waals surface area contributed by atoms with E-state index >= 15 is 0 Å². The molecule has 0 aliphatic rings. The van der Waals surface area contributed by atoms with Crippen LogP contribution in [0.1, 0.15) is 13.3 Å². The molecule has 0 aliphatic carbocycles. The van der Waals surface area contributed by atoms with Gasteiger partial charge in [-0.1, -0.05) is 13.0 Å². The van der Waals surface area contributed by atoms with Crippen molar-refractivity contribution in [1.82, 2.24) is 0 Å². The van der Waals surface area contributed by atoms with E-state index in [-0.39, 0.29) is 6.42 Å². The van der Waals surface area contributed by atoms with Crippen molar-refractivity contribution in [3.05, 3.63) is 42.5 Å². The standard InChI is InChI=1S/C20H26N2O6S/c1-6-17(20(23)21-14-10-11-18(27-3)19(12-14)28-4)22(29(5,24)25)15-8-7-9-16(13-15)26-2/h7-13,17H,6H2,1-5H3,(H,21,23)/t17-/m1/s1. The number of carbonyl (C=O) groups is 1. The second kappa shape index (κ2) is 9.51. The van der Waals surface area contributed by atoms with E-state index < -0.39 is 22.0 Å². The molecule has 29 heavy (non-hydrogen) atoms. The number of rotatable bonds is 9. The van der Waals surface area contributed by atoms with Crippen LogP contribution in [0.2, 0.25) is 0 Å². The molecule has 0 bridgehead atoms. The Morgan fingerprint density at radius 2 is 1.72 bits per heavy atom. The SMILES string of the molecule is CC[C@H](C(=O)Nc1ccc(OC)c(OC)c1)N(c1cccc(OC)c1)S(C)(=O)=O. The molecule has 1 N–H and O–H groups in total. The Labute approximate surface area is 171 Å². The lowest BCUT2D eigenvalue weighted by atomic mass is 10.1. The van der Waals surface area contributed by atoms with Crippen molar-refractivity contribution in [2.75, 3.05) is 37.2 Å². The highest BCUT2D eigenvalue weighted by molar-refractivity contribution is 7.92. The molecule has 0 spiro atoms. The first-order valence-corrected chi connectivity index (χ1v) is 10.8. The Morgan fingerprint density at radius 1 is 1.03 bits per heavy atom. The second-order valence-corrected chi connectivity index (χ2v) is 8.10. The van der Waals surface area contributed by atoms with Gasteiger partial charge in [-0.15, -0.1) is 0 Å². The van der Waals surface area contributed by atoms with E-state index in [2.05, 4.69) is 5.32 Å². The quantitative estimate of drug-likeness (QED) is 0.668. The van der Waals surface area contributed by atoms with Gasteiger partial charge in [-0.2, -0.15) is 0 Å². The number of anilines is 2. The molecule has 9 heteroatoms. The van der Waals surface area contributed by atoms with Crippen molar-refractivity contribution in [3.8, 4) is 17.2 Å². The van der Waals surface area contributed by atoms with E-state index in [0.29, 0.717) is 28.6 Å². The largest absolute Gasteiger partial charge is 0.497 e. The van der Waals surface area contributed by atoms with Crippen LogP contribution in [0.25, 0.3) is 0 Å². The number of carbonyl (C=O) groups excluding carboxylic acids is 1. The van der Waals surface area contributed by atoms with Gasteiger partial charge in [0.15, 0.2) is 11.5 Å². The van der Waals surface area contributed by atoms with Gasteiger partial charge in [0.1, 0.15) is 11.8 Å². The predicted octanol–water partition coefficient (Wildman–Crippen LogP) is 2.90. The van der Waals surface area contributed by atoms with Crippen LogP contribution in [0.5, 0.6) is 17.2 Å². The Bertz CT molecular complexity index is 961. The minimum atomic E-state index is -3.74. The topological polar surface area (TPSA) is 94.2 Å². The zero-order chi connectivity index (χ0) is 21.6. The van der Waals surface area contributed by atoms with Crippen molar-refractivity contribution in [2.24, 2.45) is 0 Å². The van der Waals surface area contributed by atoms with Gasteiger partial charge >= 0.3 is 0 Å². The summed E-state index contributed by atoms with van der Waals surface area (Å²) in [5.41, 5.74) is 0.811. The zero-order valence-corrected chi connectivity index (χ0v) is 17.9. The molecule has 8 nitrogen and oxygen atoms in total. The average Bonchev–Trinajstić information content (AvgIpc) is 2.70. The number of ether oxygens (including phenoxy) is 3. The lowest BCUT2D eigenvalue weighted by Gasteiger charge is -2.30. The van der Waals surface area contributed by atoms with Crippen LogP contribution in [-0.2, 0) is 14.8 Å². The molecule has 0 saturated heterocycles. The highest BCUT2D eigenvalue weighted by Crippen LogP contribution is 2.31. The minimum Gasteiger partial charge on any atom is -0.497 e. The van der Waals surface area contributed by atoms with Gasteiger partial charge in [0.2, 0.25) is 15.9 Å². The molecule has 2 aromatic carbocycles. The van der Waals surface area contributed by atoms with Crippen LogP contribution in [0.4, 0.5) is 11.4 Å². The van der Waals surface area contributed by atoms with Crippen molar-refractivity contribution >= 4 is 27.3 Å². The van der Waals surface area contributed by atoms with Gasteiger partial charge in [-0.25, -0.2) is 8.42 Å². The Kier molecular flexibility index (Phi) is 7.33. The molecule has 0 fully saturated rings. The number of nitrogens with one attached hydrogen (secondary N) is 1. The van der Waals surface area contributed by atoms with Crippen LogP contribution in [-0.4, -0.2) is 48.0 Å². The maximum atomic E-state index is 13.0. The number of amides is 1. The Balaban J connectivity index is 2.38. The number of benzene rings is 2. The highest BCUT2D eigenvalue weighted by atomic mass is 32.2. The lowest BCUT2D eigenvalue weighted by molar-refractivity contribution is -0.117. The summed E-state index contributed by atoms with van der Waals surface area (Å²) in [6, 6.07) is 10.5. The van der Waals surface area contributed by atoms with E-state index in [1.165, 1.54) is 21.3 Å². The maximum absolute atomic E-state index is 13.0. The average molecular weight is 423 g/mol. The van der Waals surface area contributed by atoms with E-state index in [1.54, 1.807) is 49.4 Å². The van der Waals surface area contributed by atoms with Gasteiger partial charge < -0.3 is 19.5 Å². The van der Waals surface area contributed by atoms with Crippen LogP contribution in [0.3, 0.4) is 0 Å². The van der Waals surface area contributed by atoms with Crippen LogP contribution in [0, 0.1) is 0 Å². The van der Waals surface area contributed by atoms with Gasteiger partial charge in [0.25, 0.3) is 0 Å². The summed E-state index contributed by atoms with van der Waals surface area (Å²) in [6.45, 7) is 1.75. The van der Waals surface area contributed by atoms with Gasteiger partial charge in [0.05, 0.1) is 33.3 Å². The maximum Gasteiger partial charge on any atom is 0.248 e. The first-order valence-electron chi connectivity index (χ1n) is 8.91. The van der Waals surface area contributed by atoms with Crippen molar-refractivity contribution in [3.63, 3.8) is 0 Å². The number of hydrogen-bond donors (Lipinski definition) is 1. The third-order valence-electron chi connectivity index (χ3n) is 4.29. The van der Waals surface area contributed by atoms with Crippen LogP contribution >= 0.6 is 0 Å². The fraction of sp³-hybridized carbons (Fsp3) is 0.350. The molecule has 0 heterocycles. The van der Waals surface area contributed by atoms with Crippen molar-refractivity contribution in [2.45, 2.75) is 19.4 Å². The van der Waals surface area contributed by atoms with E-state index in [1.807, 2.05) is 0 Å². The third-order valence-corrected chi connectivity index (χ3v) is 5.47. The summed E-state index contributed by atoms with van der Waals surface area (Å²) in [5, 5.41) is 2.76. The molecule has 0 radical (unpaired) electrons. The molecule has 2 rings (SSSR count). The fourth-order valence-electron chi connectivity index (χ4n) is 2.95. The summed E-state index contributed by atoms with van der Waals surface area (Å²) in [6.07, 6.45) is 1.34. The molecule has 158 valence electrons. The first kappa shape index (κ1) is 22.4. The minimum absolute atomic E-state index is 0.267. The molecule has 0 saturated carbocycles. The Hall–Kier alpha value is -2.94. The monoisotopic (exact) mass is 422 g/mol. The van der Waals surface area contributed by atoms with Gasteiger partial charge in [-0.3, -0.25) is 9.10 Å². The third kappa shape index (κ3) is 5.32. The molecule has 1 amide bonds. The molecular formula is C20H26N2O6S. The van der Waals surface area contributed by atoms with Crippen molar-refractivity contribution < 1.29 is 27.4 Å². The van der Waals surface area contributed by atoms with Gasteiger partial charge in [0, 0.05) is 17.8 Å². The summed E-state index contributed by atoms with van der Waals surface area (Å²) >= 11 is 0. The van der Waals surface area contributed by atoms with E-state index in [0.717, 1.165) is 10.6 Å². The fourth-order valence-corrected chi connectivity index (χ4v) is 4.15. The molecule has 0 aromatic heterocycles. The molecule has 1 atom stereocenters. The second-order valence-electron chi connectivity index (χ2n) is 6.24. The van der Waals surface area contributed by atoms with E-state index in [9.17, 15) is 13.2 Å². The normalized spacial score (nSPS) is 12.0. The summed E-state index contributed by atoms with van der Waals surface area (Å²) < 4.78 is 41.8. The smallest absolute Gasteiger partial charge is 0.248 e.